The summed E-state index contributed by atoms with van der Waals surface area (Å²) in [7, 11) is 0. The molecule has 1 heterocycles. The lowest BCUT2D eigenvalue weighted by Crippen LogP contribution is -2.39. The van der Waals surface area contributed by atoms with Crippen LogP contribution < -0.4 is 5.32 Å². The van der Waals surface area contributed by atoms with Crippen molar-refractivity contribution in [1.29, 1.82) is 0 Å². The van der Waals surface area contributed by atoms with Crippen molar-refractivity contribution < 1.29 is 10.0 Å². The summed E-state index contributed by atoms with van der Waals surface area (Å²) in [5.74, 6) is 0.221. The van der Waals surface area contributed by atoms with E-state index < -0.39 is 10.5 Å². The average Bonchev–Trinajstić information content (AvgIpc) is 2.80. The lowest BCUT2D eigenvalue weighted by atomic mass is 9.99. The monoisotopic (exact) mass is 315 g/mol. The van der Waals surface area contributed by atoms with Crippen molar-refractivity contribution in [2.75, 3.05) is 11.9 Å². The first-order valence-corrected chi connectivity index (χ1v) is 6.55. The van der Waals surface area contributed by atoms with Crippen LogP contribution in [0, 0.1) is 10.1 Å². The minimum absolute atomic E-state index is 0.0398. The zero-order chi connectivity index (χ0) is 13.2. The molecule has 0 aliphatic heterocycles. The molecule has 1 fully saturated rings. The number of aromatic nitrogens is 1. The number of halogens is 1. The van der Waals surface area contributed by atoms with Crippen LogP contribution in [-0.4, -0.2) is 27.2 Å². The van der Waals surface area contributed by atoms with Gasteiger partial charge >= 0.3 is 5.69 Å². The van der Waals surface area contributed by atoms with E-state index >= 15 is 0 Å². The molecule has 0 aromatic carbocycles. The first kappa shape index (κ1) is 13.2. The van der Waals surface area contributed by atoms with E-state index in [4.69, 9.17) is 0 Å². The van der Waals surface area contributed by atoms with Gasteiger partial charge in [0.2, 0.25) is 5.82 Å². The summed E-state index contributed by atoms with van der Waals surface area (Å²) < 4.78 is 0.559. The largest absolute Gasteiger partial charge is 0.394 e. The smallest absolute Gasteiger partial charge is 0.312 e. The summed E-state index contributed by atoms with van der Waals surface area (Å²) in [5, 5.41) is 23.5. The minimum Gasteiger partial charge on any atom is -0.394 e. The quantitative estimate of drug-likeness (QED) is 0.658. The summed E-state index contributed by atoms with van der Waals surface area (Å²) in [4.78, 5) is 14.6. The van der Waals surface area contributed by atoms with E-state index in [1.807, 2.05) is 0 Å². The maximum atomic E-state index is 11.0. The lowest BCUT2D eigenvalue weighted by Gasteiger charge is -2.28. The molecule has 1 aromatic rings. The molecule has 1 aliphatic rings. The van der Waals surface area contributed by atoms with E-state index in [1.54, 1.807) is 0 Å². The zero-order valence-electron chi connectivity index (χ0n) is 9.73. The Labute approximate surface area is 113 Å². The Balaban J connectivity index is 2.30. The fraction of sp³-hybridized carbons (Fsp3) is 0.545. The lowest BCUT2D eigenvalue weighted by molar-refractivity contribution is -0.384. The van der Waals surface area contributed by atoms with Crippen LogP contribution in [0.2, 0.25) is 0 Å². The molecular formula is C11H14BrN3O3. The number of aliphatic hydroxyl groups excluding tert-OH is 1. The fourth-order valence-electron chi connectivity index (χ4n) is 2.29. The van der Waals surface area contributed by atoms with Gasteiger partial charge in [-0.2, -0.15) is 0 Å². The molecule has 0 saturated heterocycles. The SMILES string of the molecule is O=[N+]([O-])c1cc(Br)cnc1NC1(CO)CCCC1. The zero-order valence-corrected chi connectivity index (χ0v) is 11.3. The molecule has 0 radical (unpaired) electrons. The molecule has 0 spiro atoms. The van der Waals surface area contributed by atoms with Crippen molar-refractivity contribution in [2.45, 2.75) is 31.2 Å². The predicted octanol–water partition coefficient (Wildman–Crippen LogP) is 2.47. The molecule has 0 atom stereocenters. The third-order valence-corrected chi connectivity index (χ3v) is 3.71. The van der Waals surface area contributed by atoms with Gasteiger partial charge in [-0.05, 0) is 28.8 Å². The third-order valence-electron chi connectivity index (χ3n) is 3.28. The second-order valence-electron chi connectivity index (χ2n) is 4.55. The van der Waals surface area contributed by atoms with Gasteiger partial charge in [-0.1, -0.05) is 12.8 Å². The number of aliphatic hydroxyl groups is 1. The van der Waals surface area contributed by atoms with Crippen molar-refractivity contribution in [1.82, 2.24) is 4.98 Å². The number of pyridine rings is 1. The maximum Gasteiger partial charge on any atom is 0.312 e. The van der Waals surface area contributed by atoms with Crippen LogP contribution in [-0.2, 0) is 0 Å². The first-order chi connectivity index (χ1) is 8.56. The van der Waals surface area contributed by atoms with Gasteiger partial charge in [0.25, 0.3) is 0 Å². The highest BCUT2D eigenvalue weighted by Crippen LogP contribution is 2.35. The summed E-state index contributed by atoms with van der Waals surface area (Å²) in [6.45, 7) is -0.0398. The molecule has 2 rings (SSSR count). The maximum absolute atomic E-state index is 11.0. The van der Waals surface area contributed by atoms with Crippen LogP contribution in [0.3, 0.4) is 0 Å². The van der Waals surface area contributed by atoms with E-state index in [1.165, 1.54) is 12.3 Å². The van der Waals surface area contributed by atoms with Gasteiger partial charge in [0.15, 0.2) is 0 Å². The molecule has 2 N–H and O–H groups in total. The molecule has 98 valence electrons. The summed E-state index contributed by atoms with van der Waals surface area (Å²) in [6, 6.07) is 1.41. The van der Waals surface area contributed by atoms with Crippen LogP contribution in [0.1, 0.15) is 25.7 Å². The molecule has 1 aliphatic carbocycles. The number of nitrogens with zero attached hydrogens (tertiary/aromatic N) is 2. The molecule has 1 saturated carbocycles. The number of hydrogen-bond acceptors (Lipinski definition) is 5. The van der Waals surface area contributed by atoms with Crippen LogP contribution in [0.15, 0.2) is 16.7 Å². The van der Waals surface area contributed by atoms with Gasteiger partial charge in [-0.15, -0.1) is 0 Å². The van der Waals surface area contributed by atoms with Gasteiger partial charge in [0.05, 0.1) is 17.1 Å². The van der Waals surface area contributed by atoms with Gasteiger partial charge in [-0.3, -0.25) is 10.1 Å². The van der Waals surface area contributed by atoms with Gasteiger partial charge < -0.3 is 10.4 Å². The molecule has 0 bridgehead atoms. The van der Waals surface area contributed by atoms with Crippen molar-refractivity contribution in [2.24, 2.45) is 0 Å². The van der Waals surface area contributed by atoms with Gasteiger partial charge in [0.1, 0.15) is 0 Å². The fourth-order valence-corrected chi connectivity index (χ4v) is 2.61. The number of rotatable bonds is 4. The van der Waals surface area contributed by atoms with E-state index in [2.05, 4.69) is 26.2 Å². The molecular weight excluding hydrogens is 302 g/mol. The summed E-state index contributed by atoms with van der Waals surface area (Å²) in [5.41, 5.74) is -0.546. The predicted molar refractivity (Wildman–Crippen MR) is 70.5 cm³/mol. The van der Waals surface area contributed by atoms with Gasteiger partial charge in [0, 0.05) is 16.7 Å². The Kier molecular flexibility index (Phi) is 3.82. The standard InChI is InChI=1S/C11H14BrN3O3/c12-8-5-9(15(17)18)10(13-6-8)14-11(7-16)3-1-2-4-11/h5-6,16H,1-4,7H2,(H,13,14). The van der Waals surface area contributed by atoms with Crippen LogP contribution in [0.4, 0.5) is 11.5 Å². The van der Waals surface area contributed by atoms with Crippen LogP contribution >= 0.6 is 15.9 Å². The van der Waals surface area contributed by atoms with Crippen molar-refractivity contribution in [3.63, 3.8) is 0 Å². The minimum atomic E-state index is -0.472. The normalized spacial score (nSPS) is 17.7. The van der Waals surface area contributed by atoms with E-state index in [9.17, 15) is 15.2 Å². The highest BCUT2D eigenvalue weighted by molar-refractivity contribution is 9.10. The molecule has 0 amide bonds. The second kappa shape index (κ2) is 5.19. The molecule has 6 nitrogen and oxygen atoms in total. The average molecular weight is 316 g/mol. The Morgan fingerprint density at radius 3 is 2.78 bits per heavy atom. The highest BCUT2D eigenvalue weighted by atomic mass is 79.9. The summed E-state index contributed by atoms with van der Waals surface area (Å²) in [6.07, 6.45) is 5.14. The summed E-state index contributed by atoms with van der Waals surface area (Å²) >= 11 is 3.16. The molecule has 18 heavy (non-hydrogen) atoms. The number of anilines is 1. The third kappa shape index (κ3) is 2.62. The van der Waals surface area contributed by atoms with Crippen molar-refractivity contribution >= 4 is 27.4 Å². The van der Waals surface area contributed by atoms with Crippen molar-refractivity contribution in [3.8, 4) is 0 Å². The second-order valence-corrected chi connectivity index (χ2v) is 5.46. The number of hydrogen-bond donors (Lipinski definition) is 2. The van der Waals surface area contributed by atoms with Crippen LogP contribution in [0.5, 0.6) is 0 Å². The highest BCUT2D eigenvalue weighted by Gasteiger charge is 2.35. The van der Waals surface area contributed by atoms with E-state index in [0.717, 1.165) is 25.7 Å². The Hall–Kier alpha value is -1.21. The van der Waals surface area contributed by atoms with Crippen molar-refractivity contribution in [3.05, 3.63) is 26.9 Å². The Morgan fingerprint density at radius 1 is 1.56 bits per heavy atom. The molecule has 1 aromatic heterocycles. The number of nitro groups is 1. The Bertz CT molecular complexity index is 461. The molecule has 0 unspecified atom stereocenters. The van der Waals surface area contributed by atoms with E-state index in [0.29, 0.717) is 4.47 Å². The molecule has 7 heteroatoms. The number of nitrogens with one attached hydrogen (secondary N) is 1. The first-order valence-electron chi connectivity index (χ1n) is 5.75. The van der Waals surface area contributed by atoms with Gasteiger partial charge in [-0.25, -0.2) is 4.98 Å². The van der Waals surface area contributed by atoms with Crippen LogP contribution in [0.25, 0.3) is 0 Å². The topological polar surface area (TPSA) is 88.3 Å². The van der Waals surface area contributed by atoms with E-state index in [-0.39, 0.29) is 18.1 Å². The Morgan fingerprint density at radius 2 is 2.22 bits per heavy atom.